The van der Waals surface area contributed by atoms with E-state index in [9.17, 15) is 8.42 Å². The molecule has 140 valence electrons. The largest absolute Gasteiger partial charge is 0.416 e. The van der Waals surface area contributed by atoms with Crippen LogP contribution in [-0.4, -0.2) is 36.1 Å². The number of nitrogens with one attached hydrogen (secondary N) is 1. The van der Waals surface area contributed by atoms with Gasteiger partial charge in [-0.1, -0.05) is 35.9 Å². The summed E-state index contributed by atoms with van der Waals surface area (Å²) in [6, 6.07) is 14.0. The minimum absolute atomic E-state index is 0.235. The molecule has 0 bridgehead atoms. The highest BCUT2D eigenvalue weighted by Gasteiger charge is 2.15. The molecule has 0 saturated heterocycles. The normalized spacial score (nSPS) is 12.5. The second-order valence-corrected chi connectivity index (χ2v) is 13.2. The van der Waals surface area contributed by atoms with Crippen LogP contribution in [0.1, 0.15) is 11.1 Å². The van der Waals surface area contributed by atoms with Gasteiger partial charge in [0.05, 0.1) is 23.7 Å². The lowest BCUT2D eigenvalue weighted by molar-refractivity contribution is 0.323. The highest BCUT2D eigenvalue weighted by atomic mass is 32.2. The van der Waals surface area contributed by atoms with Gasteiger partial charge < -0.3 is 4.43 Å². The number of aryl methyl sites for hydroxylation is 1. The molecule has 0 aliphatic rings. The Morgan fingerprint density at radius 1 is 1.08 bits per heavy atom. The van der Waals surface area contributed by atoms with Crippen LogP contribution >= 0.6 is 0 Å². The third-order valence-electron chi connectivity index (χ3n) is 3.52. The Kier molecular flexibility index (Phi) is 6.74. The number of hydrogen-bond donors (Lipinski definition) is 1. The van der Waals surface area contributed by atoms with Crippen LogP contribution in [0.3, 0.4) is 0 Å². The van der Waals surface area contributed by atoms with Crippen LogP contribution in [0.15, 0.2) is 58.4 Å². The summed E-state index contributed by atoms with van der Waals surface area (Å²) < 4.78 is 33.6. The smallest absolute Gasteiger partial charge is 0.261 e. The van der Waals surface area contributed by atoms with Crippen LogP contribution in [0.25, 0.3) is 0 Å². The van der Waals surface area contributed by atoms with Crippen molar-refractivity contribution in [2.24, 2.45) is 4.99 Å². The van der Waals surface area contributed by atoms with Crippen molar-refractivity contribution < 1.29 is 12.8 Å². The number of para-hydroxylation sites is 1. The first kappa shape index (κ1) is 20.4. The van der Waals surface area contributed by atoms with Gasteiger partial charge in [0.2, 0.25) is 0 Å². The number of rotatable bonds is 8. The Hall–Kier alpha value is -1.96. The van der Waals surface area contributed by atoms with E-state index in [2.05, 4.69) is 29.4 Å². The first-order valence-electron chi connectivity index (χ1n) is 8.50. The maximum atomic E-state index is 12.6. The summed E-state index contributed by atoms with van der Waals surface area (Å²) >= 11 is 0. The summed E-state index contributed by atoms with van der Waals surface area (Å²) in [4.78, 5) is 4.59. The molecule has 0 fully saturated rings. The summed E-state index contributed by atoms with van der Waals surface area (Å²) in [6.07, 6.45) is 1.68. The third-order valence-corrected chi connectivity index (χ3v) is 5.97. The van der Waals surface area contributed by atoms with Crippen molar-refractivity contribution in [3.05, 3.63) is 59.7 Å². The molecule has 0 atom stereocenters. The zero-order valence-electron chi connectivity index (χ0n) is 15.7. The van der Waals surface area contributed by atoms with Crippen molar-refractivity contribution in [3.63, 3.8) is 0 Å². The summed E-state index contributed by atoms with van der Waals surface area (Å²) in [7, 11) is -5.17. The van der Waals surface area contributed by atoms with Crippen molar-refractivity contribution in [2.45, 2.75) is 31.5 Å². The van der Waals surface area contributed by atoms with E-state index in [-0.39, 0.29) is 4.90 Å². The van der Waals surface area contributed by atoms with Gasteiger partial charge in [-0.25, -0.2) is 8.42 Å². The minimum Gasteiger partial charge on any atom is -0.416 e. The lowest BCUT2D eigenvalue weighted by atomic mass is 10.2. The van der Waals surface area contributed by atoms with Gasteiger partial charge in [-0.3, -0.25) is 9.71 Å². The van der Waals surface area contributed by atoms with Gasteiger partial charge in [0, 0.05) is 11.8 Å². The molecular weight excluding hydrogens is 364 g/mol. The fraction of sp³-hybridized carbons (Fsp3) is 0.316. The quantitative estimate of drug-likeness (QED) is 0.420. The van der Waals surface area contributed by atoms with Crippen LogP contribution in [0.5, 0.6) is 0 Å². The van der Waals surface area contributed by atoms with Crippen molar-refractivity contribution in [2.75, 3.05) is 17.9 Å². The van der Waals surface area contributed by atoms with Gasteiger partial charge in [-0.05, 0) is 44.8 Å². The molecule has 2 rings (SSSR count). The summed E-state index contributed by atoms with van der Waals surface area (Å²) in [5.74, 6) is 0. The number of anilines is 1. The van der Waals surface area contributed by atoms with E-state index < -0.39 is 18.3 Å². The molecule has 0 heterocycles. The van der Waals surface area contributed by atoms with Crippen molar-refractivity contribution >= 4 is 30.2 Å². The van der Waals surface area contributed by atoms with Gasteiger partial charge >= 0.3 is 0 Å². The van der Waals surface area contributed by atoms with Crippen LogP contribution in [0.2, 0.25) is 19.6 Å². The van der Waals surface area contributed by atoms with Crippen LogP contribution in [0.4, 0.5) is 5.69 Å². The highest BCUT2D eigenvalue weighted by Crippen LogP contribution is 2.19. The van der Waals surface area contributed by atoms with Crippen molar-refractivity contribution in [1.29, 1.82) is 0 Å². The van der Waals surface area contributed by atoms with E-state index in [1.54, 1.807) is 42.6 Å². The second-order valence-electron chi connectivity index (χ2n) is 7.00. The standard InChI is InChI=1S/C19H26N2O3SSi/c1-16-9-11-18(12-10-16)25(22,23)21-19-8-6-5-7-17(19)15-20-13-14-24-26(2,3)4/h5-12,15,21H,13-14H2,1-4H3. The Bertz CT molecular complexity index is 857. The van der Waals surface area contributed by atoms with E-state index in [1.165, 1.54) is 0 Å². The van der Waals surface area contributed by atoms with Gasteiger partial charge in [-0.2, -0.15) is 0 Å². The average Bonchev–Trinajstić information content (AvgIpc) is 2.55. The zero-order chi connectivity index (χ0) is 19.2. The molecule has 0 aliphatic heterocycles. The van der Waals surface area contributed by atoms with E-state index in [0.717, 1.165) is 11.1 Å². The Balaban J connectivity index is 2.10. The number of aliphatic imine (C=N–C) groups is 1. The summed E-state index contributed by atoms with van der Waals surface area (Å²) in [5.41, 5.74) is 2.23. The summed E-state index contributed by atoms with van der Waals surface area (Å²) in [5, 5.41) is 0. The molecule has 2 aromatic rings. The van der Waals surface area contributed by atoms with Gasteiger partial charge in [0.15, 0.2) is 8.32 Å². The van der Waals surface area contributed by atoms with Gasteiger partial charge in [0.25, 0.3) is 10.0 Å². The molecule has 0 unspecified atom stereocenters. The van der Waals surface area contributed by atoms with Crippen LogP contribution in [0, 0.1) is 6.92 Å². The van der Waals surface area contributed by atoms with E-state index in [4.69, 9.17) is 4.43 Å². The SMILES string of the molecule is Cc1ccc(S(=O)(=O)Nc2ccccc2C=NCCO[Si](C)(C)C)cc1. The van der Waals surface area contributed by atoms with Gasteiger partial charge in [-0.15, -0.1) is 0 Å². The lowest BCUT2D eigenvalue weighted by Gasteiger charge is -2.15. The summed E-state index contributed by atoms with van der Waals surface area (Å²) in [6.45, 7) is 9.43. The third kappa shape index (κ3) is 6.40. The number of nitrogens with zero attached hydrogens (tertiary/aromatic N) is 1. The van der Waals surface area contributed by atoms with E-state index >= 15 is 0 Å². The van der Waals surface area contributed by atoms with Crippen LogP contribution < -0.4 is 4.72 Å². The van der Waals surface area contributed by atoms with Crippen molar-refractivity contribution in [1.82, 2.24) is 0 Å². The average molecular weight is 391 g/mol. The minimum atomic E-state index is -3.64. The molecular formula is C19H26N2O3SSi. The Morgan fingerprint density at radius 3 is 2.38 bits per heavy atom. The molecule has 0 spiro atoms. The van der Waals surface area contributed by atoms with Crippen molar-refractivity contribution in [3.8, 4) is 0 Å². The molecule has 0 amide bonds. The fourth-order valence-corrected chi connectivity index (χ4v) is 3.98. The number of hydrogen-bond acceptors (Lipinski definition) is 4. The Labute approximate surface area is 157 Å². The molecule has 0 aliphatic carbocycles. The topological polar surface area (TPSA) is 67.8 Å². The molecule has 2 aromatic carbocycles. The molecule has 0 radical (unpaired) electrons. The first-order valence-corrected chi connectivity index (χ1v) is 13.4. The molecule has 0 aromatic heterocycles. The zero-order valence-corrected chi connectivity index (χ0v) is 17.5. The monoisotopic (exact) mass is 390 g/mol. The van der Waals surface area contributed by atoms with E-state index in [0.29, 0.717) is 18.8 Å². The molecule has 1 N–H and O–H groups in total. The molecule has 0 saturated carbocycles. The molecule has 26 heavy (non-hydrogen) atoms. The molecule has 7 heteroatoms. The number of benzene rings is 2. The maximum Gasteiger partial charge on any atom is 0.261 e. The predicted octanol–water partition coefficient (Wildman–Crippen LogP) is 4.07. The highest BCUT2D eigenvalue weighted by molar-refractivity contribution is 7.92. The fourth-order valence-electron chi connectivity index (χ4n) is 2.19. The first-order chi connectivity index (χ1) is 12.2. The predicted molar refractivity (Wildman–Crippen MR) is 110 cm³/mol. The maximum absolute atomic E-state index is 12.6. The second kappa shape index (κ2) is 8.61. The van der Waals surface area contributed by atoms with Crippen LogP contribution in [-0.2, 0) is 14.4 Å². The Morgan fingerprint density at radius 2 is 1.73 bits per heavy atom. The molecule has 5 nitrogen and oxygen atoms in total. The lowest BCUT2D eigenvalue weighted by Crippen LogP contribution is -2.26. The van der Waals surface area contributed by atoms with E-state index in [1.807, 2.05) is 19.1 Å². The van der Waals surface area contributed by atoms with Gasteiger partial charge in [0.1, 0.15) is 0 Å². The number of sulfonamides is 1.